The molecular formula is C9H19NO2. The summed E-state index contributed by atoms with van der Waals surface area (Å²) in [7, 11) is 1.62. The van der Waals surface area contributed by atoms with Crippen molar-refractivity contribution in [3.63, 3.8) is 0 Å². The van der Waals surface area contributed by atoms with E-state index in [0.29, 0.717) is 6.61 Å². The third kappa shape index (κ3) is 3.32. The highest BCUT2D eigenvalue weighted by molar-refractivity contribution is 5.81. The van der Waals surface area contributed by atoms with E-state index in [1.807, 2.05) is 0 Å². The molecule has 72 valence electrons. The number of likely N-dealkylation sites (N-methyl/N-ethyl adjacent to an activating group) is 1. The van der Waals surface area contributed by atoms with Crippen LogP contribution >= 0.6 is 0 Å². The second-order valence-electron chi connectivity index (χ2n) is 2.80. The second-order valence-corrected chi connectivity index (χ2v) is 2.80. The van der Waals surface area contributed by atoms with Gasteiger partial charge in [-0.2, -0.15) is 0 Å². The highest BCUT2D eigenvalue weighted by Gasteiger charge is 2.19. The lowest BCUT2D eigenvalue weighted by Gasteiger charge is -2.26. The Balaban J connectivity index is 4.15. The fourth-order valence-corrected chi connectivity index (χ4v) is 1.30. The minimum Gasteiger partial charge on any atom is -0.383 e. The predicted molar refractivity (Wildman–Crippen MR) is 49.3 cm³/mol. The number of Topliss-reactive ketones (excluding diaryl/α,β-unsaturated/α-hetero) is 1. The molecule has 0 amide bonds. The third-order valence-corrected chi connectivity index (χ3v) is 2.05. The van der Waals surface area contributed by atoms with Crippen LogP contribution in [0.25, 0.3) is 0 Å². The van der Waals surface area contributed by atoms with Crippen LogP contribution in [-0.4, -0.2) is 43.5 Å². The van der Waals surface area contributed by atoms with Gasteiger partial charge in [0.2, 0.25) is 0 Å². The summed E-state index contributed by atoms with van der Waals surface area (Å²) in [5, 5.41) is 0. The van der Waals surface area contributed by atoms with Gasteiger partial charge in [0.05, 0.1) is 12.6 Å². The van der Waals surface area contributed by atoms with Gasteiger partial charge >= 0.3 is 0 Å². The van der Waals surface area contributed by atoms with E-state index in [1.54, 1.807) is 14.0 Å². The molecular weight excluding hydrogens is 154 g/mol. The average Bonchev–Trinajstić information content (AvgIpc) is 2.05. The van der Waals surface area contributed by atoms with Crippen LogP contribution in [0.2, 0.25) is 0 Å². The molecule has 3 heteroatoms. The molecule has 3 nitrogen and oxygen atoms in total. The van der Waals surface area contributed by atoms with Gasteiger partial charge in [0.15, 0.2) is 0 Å². The molecule has 0 rings (SSSR count). The number of nitrogens with zero attached hydrogens (tertiary/aromatic N) is 1. The van der Waals surface area contributed by atoms with Crippen molar-refractivity contribution >= 4 is 5.78 Å². The summed E-state index contributed by atoms with van der Waals surface area (Å²) in [6.07, 6.45) is 0. The highest BCUT2D eigenvalue weighted by Crippen LogP contribution is 2.00. The molecule has 0 saturated heterocycles. The van der Waals surface area contributed by atoms with Gasteiger partial charge in [0, 0.05) is 7.11 Å². The van der Waals surface area contributed by atoms with E-state index in [9.17, 15) is 4.79 Å². The quantitative estimate of drug-likeness (QED) is 0.598. The molecule has 0 N–H and O–H groups in total. The number of carbonyl (C=O) groups is 1. The molecule has 0 spiro atoms. The van der Waals surface area contributed by atoms with Gasteiger partial charge < -0.3 is 4.74 Å². The summed E-state index contributed by atoms with van der Waals surface area (Å²) in [4.78, 5) is 13.3. The van der Waals surface area contributed by atoms with Gasteiger partial charge in [-0.05, 0) is 20.0 Å². The van der Waals surface area contributed by atoms with Crippen molar-refractivity contribution in [1.82, 2.24) is 4.90 Å². The molecule has 0 aromatic heterocycles. The normalized spacial score (nSPS) is 13.4. The Morgan fingerprint density at radius 1 is 1.42 bits per heavy atom. The zero-order valence-electron chi connectivity index (χ0n) is 8.46. The van der Waals surface area contributed by atoms with Crippen molar-refractivity contribution < 1.29 is 9.53 Å². The smallest absolute Gasteiger partial charge is 0.149 e. The van der Waals surface area contributed by atoms with E-state index >= 15 is 0 Å². The van der Waals surface area contributed by atoms with Crippen LogP contribution in [0.15, 0.2) is 0 Å². The van der Waals surface area contributed by atoms with Crippen molar-refractivity contribution in [2.24, 2.45) is 0 Å². The van der Waals surface area contributed by atoms with Gasteiger partial charge in [-0.1, -0.05) is 13.8 Å². The zero-order valence-corrected chi connectivity index (χ0v) is 8.46. The summed E-state index contributed by atoms with van der Waals surface area (Å²) >= 11 is 0. The van der Waals surface area contributed by atoms with Gasteiger partial charge in [0.25, 0.3) is 0 Å². The van der Waals surface area contributed by atoms with Crippen molar-refractivity contribution in [2.75, 3.05) is 26.8 Å². The van der Waals surface area contributed by atoms with Crippen molar-refractivity contribution in [3.8, 4) is 0 Å². The SMILES string of the molecule is CCN(CC)[C@H](COC)C(C)=O. The molecule has 0 aliphatic carbocycles. The summed E-state index contributed by atoms with van der Waals surface area (Å²) in [5.41, 5.74) is 0. The maximum atomic E-state index is 11.2. The molecule has 0 saturated carbocycles. The first-order valence-electron chi connectivity index (χ1n) is 4.40. The van der Waals surface area contributed by atoms with Gasteiger partial charge in [-0.15, -0.1) is 0 Å². The van der Waals surface area contributed by atoms with Crippen LogP contribution in [0, 0.1) is 0 Å². The standard InChI is InChI=1S/C9H19NO2/c1-5-10(6-2)9(7-12-4)8(3)11/h9H,5-7H2,1-4H3/t9-/m1/s1. The second kappa shape index (κ2) is 6.14. The Labute approximate surface area is 74.7 Å². The fraction of sp³-hybridized carbons (Fsp3) is 0.889. The molecule has 12 heavy (non-hydrogen) atoms. The lowest BCUT2D eigenvalue weighted by Crippen LogP contribution is -2.43. The maximum Gasteiger partial charge on any atom is 0.149 e. The van der Waals surface area contributed by atoms with Gasteiger partial charge in [-0.3, -0.25) is 9.69 Å². The van der Waals surface area contributed by atoms with Crippen molar-refractivity contribution in [2.45, 2.75) is 26.8 Å². The zero-order chi connectivity index (χ0) is 9.56. The summed E-state index contributed by atoms with van der Waals surface area (Å²) in [6, 6.07) is -0.0648. The first-order valence-corrected chi connectivity index (χ1v) is 4.40. The van der Waals surface area contributed by atoms with E-state index in [-0.39, 0.29) is 11.8 Å². The van der Waals surface area contributed by atoms with E-state index in [4.69, 9.17) is 4.74 Å². The average molecular weight is 173 g/mol. The van der Waals surface area contributed by atoms with Crippen LogP contribution in [0.1, 0.15) is 20.8 Å². The third-order valence-electron chi connectivity index (χ3n) is 2.05. The summed E-state index contributed by atoms with van der Waals surface area (Å²) in [5.74, 6) is 0.181. The number of carbonyl (C=O) groups excluding carboxylic acids is 1. The summed E-state index contributed by atoms with van der Waals surface area (Å²) in [6.45, 7) is 8.00. The predicted octanol–water partition coefficient (Wildman–Crippen LogP) is 0.932. The number of ketones is 1. The van der Waals surface area contributed by atoms with Gasteiger partial charge in [0.1, 0.15) is 5.78 Å². The first-order chi connectivity index (χ1) is 5.67. The van der Waals surface area contributed by atoms with E-state index in [2.05, 4.69) is 18.7 Å². The minimum atomic E-state index is -0.0648. The number of rotatable bonds is 6. The largest absolute Gasteiger partial charge is 0.383 e. The molecule has 0 heterocycles. The fourth-order valence-electron chi connectivity index (χ4n) is 1.30. The monoisotopic (exact) mass is 173 g/mol. The molecule has 0 aliphatic heterocycles. The van der Waals surface area contributed by atoms with Crippen LogP contribution < -0.4 is 0 Å². The Morgan fingerprint density at radius 3 is 2.17 bits per heavy atom. The van der Waals surface area contributed by atoms with Crippen LogP contribution in [0.3, 0.4) is 0 Å². The minimum absolute atomic E-state index is 0.0648. The lowest BCUT2D eigenvalue weighted by atomic mass is 10.2. The molecule has 0 bridgehead atoms. The Bertz CT molecular complexity index is 132. The van der Waals surface area contributed by atoms with Crippen LogP contribution in [0.4, 0.5) is 0 Å². The molecule has 0 aromatic carbocycles. The van der Waals surface area contributed by atoms with E-state index < -0.39 is 0 Å². The van der Waals surface area contributed by atoms with Crippen LogP contribution in [0.5, 0.6) is 0 Å². The van der Waals surface area contributed by atoms with E-state index in [1.165, 1.54) is 0 Å². The first kappa shape index (κ1) is 11.6. The Hall–Kier alpha value is -0.410. The molecule has 0 unspecified atom stereocenters. The van der Waals surface area contributed by atoms with Crippen LogP contribution in [-0.2, 0) is 9.53 Å². The number of hydrogen-bond acceptors (Lipinski definition) is 3. The Morgan fingerprint density at radius 2 is 1.92 bits per heavy atom. The summed E-state index contributed by atoms with van der Waals surface area (Å²) < 4.78 is 4.99. The van der Waals surface area contributed by atoms with Crippen molar-refractivity contribution in [3.05, 3.63) is 0 Å². The highest BCUT2D eigenvalue weighted by atomic mass is 16.5. The van der Waals surface area contributed by atoms with E-state index in [0.717, 1.165) is 13.1 Å². The molecule has 0 aliphatic rings. The molecule has 0 radical (unpaired) electrons. The number of methoxy groups -OCH3 is 1. The number of hydrogen-bond donors (Lipinski definition) is 0. The number of ether oxygens (including phenoxy) is 1. The lowest BCUT2D eigenvalue weighted by molar-refractivity contribution is -0.123. The van der Waals surface area contributed by atoms with Gasteiger partial charge in [-0.25, -0.2) is 0 Å². The van der Waals surface area contributed by atoms with Crippen molar-refractivity contribution in [1.29, 1.82) is 0 Å². The topological polar surface area (TPSA) is 29.5 Å². The molecule has 1 atom stereocenters. The molecule has 0 aromatic rings. The maximum absolute atomic E-state index is 11.2. The Kier molecular flexibility index (Phi) is 5.93. The molecule has 0 fully saturated rings.